The maximum Gasteiger partial charge on any atom is 0.235 e. The van der Waals surface area contributed by atoms with Gasteiger partial charge in [0.25, 0.3) is 0 Å². The monoisotopic (exact) mass is 296 g/mol. The summed E-state index contributed by atoms with van der Waals surface area (Å²) < 4.78 is 15.5. The SMILES string of the molecule is Fc1ccccc1-c1nn2c(-c3ccccc3)nnc2s1. The third-order valence-electron chi connectivity index (χ3n) is 3.13. The van der Waals surface area contributed by atoms with Crippen LogP contribution in [0.15, 0.2) is 54.6 Å². The molecule has 102 valence electrons. The van der Waals surface area contributed by atoms with Gasteiger partial charge in [-0.3, -0.25) is 0 Å². The number of aromatic nitrogens is 4. The van der Waals surface area contributed by atoms with Gasteiger partial charge in [-0.2, -0.15) is 9.61 Å². The molecule has 0 unspecified atom stereocenters. The third kappa shape index (κ3) is 2.00. The summed E-state index contributed by atoms with van der Waals surface area (Å²) in [5.41, 5.74) is 1.40. The van der Waals surface area contributed by atoms with Crippen LogP contribution in [-0.2, 0) is 0 Å². The van der Waals surface area contributed by atoms with Crippen molar-refractivity contribution in [2.45, 2.75) is 0 Å². The van der Waals surface area contributed by atoms with Crippen molar-refractivity contribution < 1.29 is 4.39 Å². The molecular formula is C15H9FN4S. The predicted octanol–water partition coefficient (Wildman–Crippen LogP) is 3.66. The molecule has 0 N–H and O–H groups in total. The molecule has 4 nitrogen and oxygen atoms in total. The molecular weight excluding hydrogens is 287 g/mol. The minimum atomic E-state index is -0.288. The van der Waals surface area contributed by atoms with Crippen LogP contribution in [0.3, 0.4) is 0 Å². The van der Waals surface area contributed by atoms with Crippen molar-refractivity contribution in [3.05, 3.63) is 60.4 Å². The smallest absolute Gasteiger partial charge is 0.206 e. The molecule has 0 amide bonds. The highest BCUT2D eigenvalue weighted by molar-refractivity contribution is 7.19. The van der Waals surface area contributed by atoms with Crippen molar-refractivity contribution in [2.24, 2.45) is 0 Å². The first-order valence-corrected chi connectivity index (χ1v) is 7.17. The molecule has 2 aromatic heterocycles. The highest BCUT2D eigenvalue weighted by Crippen LogP contribution is 2.29. The number of rotatable bonds is 2. The van der Waals surface area contributed by atoms with E-state index in [1.807, 2.05) is 30.3 Å². The Balaban J connectivity index is 1.89. The Bertz CT molecular complexity index is 914. The van der Waals surface area contributed by atoms with E-state index in [9.17, 15) is 4.39 Å². The Labute approximate surface area is 123 Å². The molecule has 4 rings (SSSR count). The number of benzene rings is 2. The number of fused-ring (bicyclic) bond motifs is 1. The van der Waals surface area contributed by atoms with Crippen LogP contribution >= 0.6 is 11.3 Å². The molecule has 0 atom stereocenters. The van der Waals surface area contributed by atoms with Crippen molar-refractivity contribution in [1.82, 2.24) is 19.8 Å². The summed E-state index contributed by atoms with van der Waals surface area (Å²) in [5, 5.41) is 13.3. The molecule has 0 aliphatic heterocycles. The fourth-order valence-corrected chi connectivity index (χ4v) is 2.99. The summed E-state index contributed by atoms with van der Waals surface area (Å²) in [6.45, 7) is 0. The fourth-order valence-electron chi connectivity index (χ4n) is 2.13. The number of hydrogen-bond acceptors (Lipinski definition) is 4. The Morgan fingerprint density at radius 2 is 1.67 bits per heavy atom. The Morgan fingerprint density at radius 3 is 2.48 bits per heavy atom. The quantitative estimate of drug-likeness (QED) is 0.567. The van der Waals surface area contributed by atoms with Gasteiger partial charge < -0.3 is 0 Å². The van der Waals surface area contributed by atoms with Crippen LogP contribution in [0.1, 0.15) is 0 Å². The summed E-state index contributed by atoms with van der Waals surface area (Å²) in [5.74, 6) is 0.369. The summed E-state index contributed by atoms with van der Waals surface area (Å²) in [4.78, 5) is 0.645. The standard InChI is InChI=1S/C15H9FN4S/c16-12-9-5-4-8-11(12)14-19-20-13(17-18-15(20)21-14)10-6-2-1-3-7-10/h1-9H. The van der Waals surface area contributed by atoms with E-state index in [0.717, 1.165) is 5.56 Å². The second-order valence-electron chi connectivity index (χ2n) is 4.47. The second kappa shape index (κ2) is 4.75. The van der Waals surface area contributed by atoms with E-state index in [2.05, 4.69) is 15.3 Å². The van der Waals surface area contributed by atoms with Crippen LogP contribution < -0.4 is 0 Å². The van der Waals surface area contributed by atoms with Gasteiger partial charge in [0.1, 0.15) is 5.82 Å². The van der Waals surface area contributed by atoms with Crippen LogP contribution in [0.5, 0.6) is 0 Å². The normalized spacial score (nSPS) is 11.1. The Hall–Kier alpha value is -2.60. The van der Waals surface area contributed by atoms with Gasteiger partial charge in [0.15, 0.2) is 10.8 Å². The highest BCUT2D eigenvalue weighted by Gasteiger charge is 2.15. The molecule has 4 aromatic rings. The van der Waals surface area contributed by atoms with Gasteiger partial charge in [0, 0.05) is 11.1 Å². The van der Waals surface area contributed by atoms with Crippen molar-refractivity contribution in [2.75, 3.05) is 0 Å². The van der Waals surface area contributed by atoms with Crippen LogP contribution in [-0.4, -0.2) is 19.8 Å². The maximum absolute atomic E-state index is 13.9. The van der Waals surface area contributed by atoms with E-state index < -0.39 is 0 Å². The van der Waals surface area contributed by atoms with Gasteiger partial charge in [0.2, 0.25) is 4.96 Å². The maximum atomic E-state index is 13.9. The van der Waals surface area contributed by atoms with E-state index >= 15 is 0 Å². The first-order valence-electron chi connectivity index (χ1n) is 6.35. The van der Waals surface area contributed by atoms with Crippen LogP contribution in [0.2, 0.25) is 0 Å². The van der Waals surface area contributed by atoms with Crippen LogP contribution in [0.25, 0.3) is 26.9 Å². The van der Waals surface area contributed by atoms with Gasteiger partial charge in [-0.1, -0.05) is 53.8 Å². The predicted molar refractivity (Wildman–Crippen MR) is 79.5 cm³/mol. The lowest BCUT2D eigenvalue weighted by molar-refractivity contribution is 0.631. The van der Waals surface area contributed by atoms with Gasteiger partial charge in [-0.25, -0.2) is 4.39 Å². The zero-order valence-corrected chi connectivity index (χ0v) is 11.6. The zero-order valence-electron chi connectivity index (χ0n) is 10.8. The molecule has 0 spiro atoms. The molecule has 0 aliphatic rings. The zero-order chi connectivity index (χ0) is 14.2. The summed E-state index contributed by atoms with van der Waals surface area (Å²) in [7, 11) is 0. The van der Waals surface area contributed by atoms with E-state index in [0.29, 0.717) is 21.4 Å². The first kappa shape index (κ1) is 12.2. The lowest BCUT2D eigenvalue weighted by Crippen LogP contribution is -1.91. The molecule has 0 saturated heterocycles. The first-order chi connectivity index (χ1) is 10.3. The average molecular weight is 296 g/mol. The molecule has 6 heteroatoms. The van der Waals surface area contributed by atoms with Crippen molar-refractivity contribution >= 4 is 16.3 Å². The van der Waals surface area contributed by atoms with Gasteiger partial charge in [0.05, 0.1) is 0 Å². The van der Waals surface area contributed by atoms with Gasteiger partial charge in [-0.05, 0) is 12.1 Å². The Morgan fingerprint density at radius 1 is 0.905 bits per heavy atom. The number of halogens is 1. The Kier molecular flexibility index (Phi) is 2.75. The topological polar surface area (TPSA) is 43.1 Å². The summed E-state index contributed by atoms with van der Waals surface area (Å²) >= 11 is 1.32. The molecule has 0 radical (unpaired) electrons. The minimum Gasteiger partial charge on any atom is -0.206 e. The summed E-state index contributed by atoms with van der Waals surface area (Å²) in [6.07, 6.45) is 0. The van der Waals surface area contributed by atoms with E-state index in [1.165, 1.54) is 17.4 Å². The highest BCUT2D eigenvalue weighted by atomic mass is 32.1. The number of hydrogen-bond donors (Lipinski definition) is 0. The molecule has 0 saturated carbocycles. The lowest BCUT2D eigenvalue weighted by Gasteiger charge is -1.97. The van der Waals surface area contributed by atoms with Gasteiger partial charge >= 0.3 is 0 Å². The number of nitrogens with zero attached hydrogens (tertiary/aromatic N) is 4. The van der Waals surface area contributed by atoms with Crippen molar-refractivity contribution in [3.8, 4) is 22.0 Å². The second-order valence-corrected chi connectivity index (χ2v) is 5.43. The molecule has 21 heavy (non-hydrogen) atoms. The summed E-state index contributed by atoms with van der Waals surface area (Å²) in [6, 6.07) is 16.3. The average Bonchev–Trinajstić information content (AvgIpc) is 3.08. The van der Waals surface area contributed by atoms with Gasteiger partial charge in [-0.15, -0.1) is 10.2 Å². The molecule has 0 aliphatic carbocycles. The van der Waals surface area contributed by atoms with Crippen LogP contribution in [0.4, 0.5) is 4.39 Å². The van der Waals surface area contributed by atoms with E-state index in [-0.39, 0.29) is 5.82 Å². The van der Waals surface area contributed by atoms with Crippen molar-refractivity contribution in [3.63, 3.8) is 0 Å². The van der Waals surface area contributed by atoms with E-state index in [4.69, 9.17) is 0 Å². The van der Waals surface area contributed by atoms with E-state index in [1.54, 1.807) is 22.7 Å². The molecule has 0 fully saturated rings. The van der Waals surface area contributed by atoms with Crippen molar-refractivity contribution in [1.29, 1.82) is 0 Å². The molecule has 0 bridgehead atoms. The van der Waals surface area contributed by atoms with Crippen LogP contribution in [0, 0.1) is 5.82 Å². The molecule has 2 aromatic carbocycles. The largest absolute Gasteiger partial charge is 0.235 e. The molecule has 2 heterocycles. The third-order valence-corrected chi connectivity index (χ3v) is 4.06. The fraction of sp³-hybridized carbons (Fsp3) is 0. The lowest BCUT2D eigenvalue weighted by atomic mass is 10.2. The minimum absolute atomic E-state index is 0.288.